The maximum absolute atomic E-state index is 13.6. The molecule has 24 heavy (non-hydrogen) atoms. The van der Waals surface area contributed by atoms with Crippen LogP contribution in [-0.4, -0.2) is 59.8 Å². The van der Waals surface area contributed by atoms with Gasteiger partial charge < -0.3 is 10.2 Å². The predicted molar refractivity (Wildman–Crippen MR) is 79.3 cm³/mol. The molecule has 0 aromatic carbocycles. The Labute approximate surface area is 136 Å². The molecule has 0 aliphatic carbocycles. The lowest BCUT2D eigenvalue weighted by Crippen LogP contribution is -2.45. The predicted octanol–water partition coefficient (Wildman–Crippen LogP) is 1.61. The van der Waals surface area contributed by atoms with E-state index in [1.165, 1.54) is 0 Å². The number of amides is 2. The molecule has 0 radical (unpaired) electrons. The third kappa shape index (κ3) is 2.36. The van der Waals surface area contributed by atoms with Crippen LogP contribution in [0, 0.1) is 19.3 Å². The molecule has 134 valence electrons. The molecule has 2 fully saturated rings. The highest BCUT2D eigenvalue weighted by Gasteiger charge is 2.70. The molecule has 2 atom stereocenters. The van der Waals surface area contributed by atoms with E-state index in [9.17, 15) is 26.4 Å². The van der Waals surface area contributed by atoms with E-state index < -0.39 is 58.0 Å². The number of carbonyl (C=O) groups is 1. The number of H-pyrrole nitrogens is 1. The molecule has 11 heteroatoms. The summed E-state index contributed by atoms with van der Waals surface area (Å²) in [6.45, 7) is 2.20. The van der Waals surface area contributed by atoms with E-state index in [0.717, 1.165) is 4.90 Å². The minimum Gasteiger partial charge on any atom is -0.322 e. The molecule has 2 aliphatic rings. The van der Waals surface area contributed by atoms with Gasteiger partial charge in [-0.1, -0.05) is 0 Å². The average Bonchev–Trinajstić information content (AvgIpc) is 3.08. The van der Waals surface area contributed by atoms with Crippen molar-refractivity contribution >= 4 is 21.6 Å². The van der Waals surface area contributed by atoms with Crippen LogP contribution in [0.2, 0.25) is 0 Å². The van der Waals surface area contributed by atoms with Crippen molar-refractivity contribution in [1.82, 2.24) is 15.1 Å². The number of likely N-dealkylation sites (tertiary alicyclic amines) is 1. The summed E-state index contributed by atoms with van der Waals surface area (Å²) in [4.78, 5) is 13.3. The fraction of sp³-hybridized carbons (Fsp3) is 0.692. The highest BCUT2D eigenvalue weighted by molar-refractivity contribution is 7.92. The molecule has 2 aliphatic heterocycles. The van der Waals surface area contributed by atoms with Gasteiger partial charge in [0.15, 0.2) is 9.84 Å². The second kappa shape index (κ2) is 5.11. The van der Waals surface area contributed by atoms with Crippen LogP contribution in [0.25, 0.3) is 0 Å². The number of hydrogen-bond donors (Lipinski definition) is 2. The van der Waals surface area contributed by atoms with Crippen LogP contribution < -0.4 is 5.32 Å². The molecule has 0 saturated carbocycles. The Hall–Kier alpha value is -1.78. The van der Waals surface area contributed by atoms with Gasteiger partial charge >= 0.3 is 12.2 Å². The monoisotopic (exact) mass is 366 g/mol. The van der Waals surface area contributed by atoms with Crippen LogP contribution >= 0.6 is 0 Å². The molecule has 3 heterocycles. The van der Waals surface area contributed by atoms with Gasteiger partial charge in [0.1, 0.15) is 5.41 Å². The molecule has 2 N–H and O–H groups in total. The van der Waals surface area contributed by atoms with Crippen LogP contribution in [0.5, 0.6) is 0 Å². The standard InChI is InChI=1S/C13H17F3N4O3S/c1-7-10(8(2)19-18-7)17-11(21)20-5-9-12(6-20,13(14,15)16)3-4-24(9,22)23/h9H,3-6H2,1-2H3,(H,17,21)(H,18,19)/t9-,12-/m1/s1. The number of aromatic nitrogens is 2. The quantitative estimate of drug-likeness (QED) is 0.789. The highest BCUT2D eigenvalue weighted by Crippen LogP contribution is 2.54. The number of nitrogens with zero attached hydrogens (tertiary/aromatic N) is 2. The first-order valence-corrected chi connectivity index (χ1v) is 9.05. The lowest BCUT2D eigenvalue weighted by molar-refractivity contribution is -0.215. The van der Waals surface area contributed by atoms with Crippen LogP contribution in [-0.2, 0) is 9.84 Å². The van der Waals surface area contributed by atoms with Gasteiger partial charge in [-0.25, -0.2) is 13.2 Å². The molecule has 0 spiro atoms. The van der Waals surface area contributed by atoms with E-state index in [1.807, 2.05) is 0 Å². The van der Waals surface area contributed by atoms with Gasteiger partial charge in [-0.2, -0.15) is 18.3 Å². The molecule has 3 rings (SSSR count). The first kappa shape index (κ1) is 17.1. The van der Waals surface area contributed by atoms with Crippen LogP contribution in [0.3, 0.4) is 0 Å². The lowest BCUT2D eigenvalue weighted by atomic mass is 9.83. The van der Waals surface area contributed by atoms with E-state index >= 15 is 0 Å². The van der Waals surface area contributed by atoms with Gasteiger partial charge in [-0.05, 0) is 20.3 Å². The SMILES string of the molecule is Cc1n[nH]c(C)c1NC(=O)N1C[C@@H]2[C@@](C(F)(F)F)(CCS2(=O)=O)C1. The number of halogens is 3. The Morgan fingerprint density at radius 2 is 2.08 bits per heavy atom. The normalized spacial score (nSPS) is 28.9. The van der Waals surface area contributed by atoms with Crippen molar-refractivity contribution < 1.29 is 26.4 Å². The zero-order valence-electron chi connectivity index (χ0n) is 13.1. The number of sulfone groups is 1. The second-order valence-electron chi connectivity index (χ2n) is 6.38. The van der Waals surface area contributed by atoms with Gasteiger partial charge in [0.25, 0.3) is 0 Å². The number of anilines is 1. The maximum Gasteiger partial charge on any atom is 0.397 e. The summed E-state index contributed by atoms with van der Waals surface area (Å²) in [5, 5.41) is 7.48. The number of hydrogen-bond acceptors (Lipinski definition) is 4. The summed E-state index contributed by atoms with van der Waals surface area (Å²) in [6, 6.07) is -0.754. The van der Waals surface area contributed by atoms with Crippen molar-refractivity contribution in [2.45, 2.75) is 31.7 Å². The fourth-order valence-corrected chi connectivity index (χ4v) is 5.89. The number of aromatic amines is 1. The number of aryl methyl sites for hydroxylation is 2. The number of nitrogens with one attached hydrogen (secondary N) is 2. The summed E-state index contributed by atoms with van der Waals surface area (Å²) in [6.07, 6.45) is -5.19. The Balaban J connectivity index is 1.86. The average molecular weight is 366 g/mol. The number of carbonyl (C=O) groups excluding carboxylic acids is 1. The van der Waals surface area contributed by atoms with Crippen LogP contribution in [0.1, 0.15) is 17.8 Å². The molecule has 2 saturated heterocycles. The summed E-state index contributed by atoms with van der Waals surface area (Å²) in [7, 11) is -3.87. The van der Waals surface area contributed by atoms with E-state index in [2.05, 4.69) is 15.5 Å². The van der Waals surface area contributed by atoms with Crippen LogP contribution in [0.15, 0.2) is 0 Å². The van der Waals surface area contributed by atoms with Gasteiger partial charge in [0.2, 0.25) is 0 Å². The number of alkyl halides is 3. The highest BCUT2D eigenvalue weighted by atomic mass is 32.2. The molecular weight excluding hydrogens is 349 g/mol. The molecule has 7 nitrogen and oxygen atoms in total. The zero-order valence-corrected chi connectivity index (χ0v) is 13.9. The molecule has 2 amide bonds. The van der Waals surface area contributed by atoms with Crippen molar-refractivity contribution in [2.24, 2.45) is 5.41 Å². The van der Waals surface area contributed by atoms with E-state index in [0.29, 0.717) is 17.1 Å². The smallest absolute Gasteiger partial charge is 0.322 e. The van der Waals surface area contributed by atoms with E-state index in [-0.39, 0.29) is 0 Å². The van der Waals surface area contributed by atoms with Crippen molar-refractivity contribution in [1.29, 1.82) is 0 Å². The topological polar surface area (TPSA) is 95.2 Å². The molecule has 1 aromatic heterocycles. The van der Waals surface area contributed by atoms with E-state index in [4.69, 9.17) is 0 Å². The van der Waals surface area contributed by atoms with Crippen molar-refractivity contribution in [3.8, 4) is 0 Å². The third-order valence-corrected chi connectivity index (χ3v) is 7.19. The molecule has 0 unspecified atom stereocenters. The Morgan fingerprint density at radius 3 is 2.58 bits per heavy atom. The minimum absolute atomic E-state index is 0.390. The molecular formula is C13H17F3N4O3S. The van der Waals surface area contributed by atoms with Crippen molar-refractivity contribution in [3.63, 3.8) is 0 Å². The lowest BCUT2D eigenvalue weighted by Gasteiger charge is -2.30. The van der Waals surface area contributed by atoms with Gasteiger partial charge in [-0.3, -0.25) is 5.10 Å². The summed E-state index contributed by atoms with van der Waals surface area (Å²) in [5.74, 6) is -0.493. The Morgan fingerprint density at radius 1 is 1.42 bits per heavy atom. The van der Waals surface area contributed by atoms with Gasteiger partial charge in [0.05, 0.1) is 28.1 Å². The van der Waals surface area contributed by atoms with Crippen LogP contribution in [0.4, 0.5) is 23.7 Å². The molecule has 1 aromatic rings. The Kier molecular flexibility index (Phi) is 3.63. The third-order valence-electron chi connectivity index (χ3n) is 4.95. The zero-order chi connectivity index (χ0) is 17.9. The van der Waals surface area contributed by atoms with Gasteiger partial charge in [0, 0.05) is 13.1 Å². The Bertz CT molecular complexity index is 769. The molecule has 0 bridgehead atoms. The van der Waals surface area contributed by atoms with Crippen molar-refractivity contribution in [3.05, 3.63) is 11.4 Å². The summed E-state index contributed by atoms with van der Waals surface area (Å²) in [5.41, 5.74) is -0.915. The summed E-state index contributed by atoms with van der Waals surface area (Å²) >= 11 is 0. The van der Waals surface area contributed by atoms with E-state index in [1.54, 1.807) is 13.8 Å². The minimum atomic E-state index is -4.68. The largest absolute Gasteiger partial charge is 0.397 e. The first-order chi connectivity index (χ1) is 11.0. The number of fused-ring (bicyclic) bond motifs is 1. The summed E-state index contributed by atoms with van der Waals surface area (Å²) < 4.78 is 64.7. The first-order valence-electron chi connectivity index (χ1n) is 7.34. The van der Waals surface area contributed by atoms with Crippen molar-refractivity contribution in [2.75, 3.05) is 24.2 Å². The second-order valence-corrected chi connectivity index (χ2v) is 8.68. The number of urea groups is 1. The van der Waals surface area contributed by atoms with Gasteiger partial charge in [-0.15, -0.1) is 0 Å². The maximum atomic E-state index is 13.6. The fourth-order valence-electron chi connectivity index (χ4n) is 3.54. The number of rotatable bonds is 1.